The smallest absolute Gasteiger partial charge is 0.227 e. The third kappa shape index (κ3) is 3.57. The SMILES string of the molecule is COc1ccc(C(=O)Cc2cccc(-c3nc4ccncc4o3)c2)c(OC)c1OC. The summed E-state index contributed by atoms with van der Waals surface area (Å²) < 4.78 is 21.9. The molecule has 0 amide bonds. The molecule has 152 valence electrons. The highest BCUT2D eigenvalue weighted by atomic mass is 16.5. The summed E-state index contributed by atoms with van der Waals surface area (Å²) in [5.41, 5.74) is 3.39. The van der Waals surface area contributed by atoms with Gasteiger partial charge in [0, 0.05) is 18.2 Å². The summed E-state index contributed by atoms with van der Waals surface area (Å²) in [4.78, 5) is 21.6. The molecular weight excluding hydrogens is 384 g/mol. The van der Waals surface area contributed by atoms with Gasteiger partial charge in [-0.2, -0.15) is 0 Å². The molecule has 0 unspecified atom stereocenters. The van der Waals surface area contributed by atoms with E-state index >= 15 is 0 Å². The number of carbonyl (C=O) groups excluding carboxylic acids is 1. The maximum atomic E-state index is 13.0. The van der Waals surface area contributed by atoms with Crippen LogP contribution in [0.25, 0.3) is 22.6 Å². The van der Waals surface area contributed by atoms with Gasteiger partial charge in [0.15, 0.2) is 22.9 Å². The topological polar surface area (TPSA) is 83.7 Å². The highest BCUT2D eigenvalue weighted by Gasteiger charge is 2.21. The summed E-state index contributed by atoms with van der Waals surface area (Å²) in [6.07, 6.45) is 3.48. The lowest BCUT2D eigenvalue weighted by molar-refractivity contribution is 0.0989. The highest BCUT2D eigenvalue weighted by molar-refractivity contribution is 6.01. The zero-order valence-electron chi connectivity index (χ0n) is 16.8. The fraction of sp³-hybridized carbons (Fsp3) is 0.174. The molecule has 0 spiro atoms. The maximum Gasteiger partial charge on any atom is 0.227 e. The summed E-state index contributed by atoms with van der Waals surface area (Å²) in [5, 5.41) is 0. The molecule has 4 aromatic rings. The van der Waals surface area contributed by atoms with Gasteiger partial charge in [-0.1, -0.05) is 12.1 Å². The first-order valence-corrected chi connectivity index (χ1v) is 9.26. The molecule has 0 aliphatic rings. The van der Waals surface area contributed by atoms with Gasteiger partial charge < -0.3 is 18.6 Å². The number of nitrogens with zero attached hydrogens (tertiary/aromatic N) is 2. The number of Topliss-reactive ketones (excluding diaryl/α,β-unsaturated/α-hetero) is 1. The summed E-state index contributed by atoms with van der Waals surface area (Å²) in [6.45, 7) is 0. The van der Waals surface area contributed by atoms with Crippen molar-refractivity contribution < 1.29 is 23.4 Å². The molecule has 0 aliphatic carbocycles. The lowest BCUT2D eigenvalue weighted by Crippen LogP contribution is -2.07. The van der Waals surface area contributed by atoms with Crippen LogP contribution in [0.3, 0.4) is 0 Å². The minimum atomic E-state index is -0.105. The van der Waals surface area contributed by atoms with E-state index in [-0.39, 0.29) is 12.2 Å². The molecular formula is C23H20N2O5. The Morgan fingerprint density at radius 1 is 1.00 bits per heavy atom. The second-order valence-corrected chi connectivity index (χ2v) is 6.54. The summed E-state index contributed by atoms with van der Waals surface area (Å²) >= 11 is 0. The monoisotopic (exact) mass is 404 g/mol. The number of hydrogen-bond acceptors (Lipinski definition) is 7. The summed E-state index contributed by atoms with van der Waals surface area (Å²) in [7, 11) is 4.54. The molecule has 0 N–H and O–H groups in total. The molecule has 0 radical (unpaired) electrons. The average Bonchev–Trinajstić information content (AvgIpc) is 3.22. The molecule has 0 saturated heterocycles. The van der Waals surface area contributed by atoms with Gasteiger partial charge >= 0.3 is 0 Å². The zero-order chi connectivity index (χ0) is 21.1. The Morgan fingerprint density at radius 3 is 2.57 bits per heavy atom. The van der Waals surface area contributed by atoms with Crippen molar-refractivity contribution >= 4 is 16.9 Å². The van der Waals surface area contributed by atoms with Crippen LogP contribution in [-0.4, -0.2) is 37.1 Å². The van der Waals surface area contributed by atoms with E-state index in [0.29, 0.717) is 34.3 Å². The molecule has 0 saturated carbocycles. The van der Waals surface area contributed by atoms with Gasteiger partial charge in [-0.3, -0.25) is 9.78 Å². The molecule has 2 aromatic heterocycles. The van der Waals surface area contributed by atoms with E-state index < -0.39 is 0 Å². The number of fused-ring (bicyclic) bond motifs is 1. The van der Waals surface area contributed by atoms with Crippen LogP contribution in [0.15, 0.2) is 59.3 Å². The van der Waals surface area contributed by atoms with E-state index in [0.717, 1.165) is 16.6 Å². The van der Waals surface area contributed by atoms with E-state index in [1.54, 1.807) is 30.6 Å². The normalized spacial score (nSPS) is 10.8. The number of benzene rings is 2. The summed E-state index contributed by atoms with van der Waals surface area (Å²) in [6, 6.07) is 12.7. The largest absolute Gasteiger partial charge is 0.493 e. The van der Waals surface area contributed by atoms with E-state index in [2.05, 4.69) is 9.97 Å². The fourth-order valence-corrected chi connectivity index (χ4v) is 3.32. The van der Waals surface area contributed by atoms with Crippen LogP contribution in [-0.2, 0) is 6.42 Å². The molecule has 0 bridgehead atoms. The number of pyridine rings is 1. The predicted octanol–water partition coefficient (Wildman–Crippen LogP) is 4.34. The number of oxazole rings is 1. The molecule has 30 heavy (non-hydrogen) atoms. The number of carbonyl (C=O) groups is 1. The van der Waals surface area contributed by atoms with Gasteiger partial charge in [-0.05, 0) is 35.9 Å². The van der Waals surface area contributed by atoms with Crippen LogP contribution < -0.4 is 14.2 Å². The molecule has 2 aromatic carbocycles. The van der Waals surface area contributed by atoms with E-state index in [1.807, 2.05) is 24.3 Å². The van der Waals surface area contributed by atoms with Crippen molar-refractivity contribution in [1.29, 1.82) is 0 Å². The first-order valence-electron chi connectivity index (χ1n) is 9.26. The average molecular weight is 404 g/mol. The van der Waals surface area contributed by atoms with E-state index in [1.165, 1.54) is 21.3 Å². The van der Waals surface area contributed by atoms with Crippen molar-refractivity contribution in [2.75, 3.05) is 21.3 Å². The Hall–Kier alpha value is -3.87. The number of ketones is 1. The molecule has 0 atom stereocenters. The Balaban J connectivity index is 1.64. The zero-order valence-corrected chi connectivity index (χ0v) is 16.8. The van der Waals surface area contributed by atoms with Crippen LogP contribution in [0, 0.1) is 0 Å². The van der Waals surface area contributed by atoms with Crippen LogP contribution in [0.4, 0.5) is 0 Å². The molecule has 7 heteroatoms. The first kappa shape index (κ1) is 19.4. The Labute approximate surface area is 173 Å². The van der Waals surface area contributed by atoms with Gasteiger partial charge in [0.25, 0.3) is 0 Å². The summed E-state index contributed by atoms with van der Waals surface area (Å²) in [5.74, 6) is 1.62. The van der Waals surface area contributed by atoms with Crippen LogP contribution >= 0.6 is 0 Å². The van der Waals surface area contributed by atoms with E-state index in [9.17, 15) is 4.79 Å². The van der Waals surface area contributed by atoms with Gasteiger partial charge in [-0.15, -0.1) is 0 Å². The van der Waals surface area contributed by atoms with Crippen molar-refractivity contribution in [2.45, 2.75) is 6.42 Å². The third-order valence-electron chi connectivity index (χ3n) is 4.73. The number of hydrogen-bond donors (Lipinski definition) is 0. The minimum Gasteiger partial charge on any atom is -0.493 e. The Bertz CT molecular complexity index is 1180. The van der Waals surface area contributed by atoms with Crippen molar-refractivity contribution in [1.82, 2.24) is 9.97 Å². The first-order chi connectivity index (χ1) is 14.6. The fourth-order valence-electron chi connectivity index (χ4n) is 3.32. The lowest BCUT2D eigenvalue weighted by atomic mass is 10.00. The highest BCUT2D eigenvalue weighted by Crippen LogP contribution is 2.40. The minimum absolute atomic E-state index is 0.105. The molecule has 0 fully saturated rings. The van der Waals surface area contributed by atoms with E-state index in [4.69, 9.17) is 18.6 Å². The lowest BCUT2D eigenvalue weighted by Gasteiger charge is -2.15. The van der Waals surface area contributed by atoms with Crippen molar-refractivity contribution in [3.8, 4) is 28.7 Å². The van der Waals surface area contributed by atoms with Crippen LogP contribution in [0.2, 0.25) is 0 Å². The van der Waals surface area contributed by atoms with Gasteiger partial charge in [0.1, 0.15) is 5.52 Å². The maximum absolute atomic E-state index is 13.0. The second-order valence-electron chi connectivity index (χ2n) is 6.54. The molecule has 0 aliphatic heterocycles. The number of rotatable bonds is 7. The predicted molar refractivity (Wildman–Crippen MR) is 111 cm³/mol. The van der Waals surface area contributed by atoms with Crippen LogP contribution in [0.1, 0.15) is 15.9 Å². The van der Waals surface area contributed by atoms with Gasteiger partial charge in [-0.25, -0.2) is 4.98 Å². The number of aromatic nitrogens is 2. The molecule has 7 nitrogen and oxygen atoms in total. The molecule has 2 heterocycles. The van der Waals surface area contributed by atoms with Gasteiger partial charge in [0.05, 0.1) is 33.1 Å². The van der Waals surface area contributed by atoms with Crippen molar-refractivity contribution in [3.63, 3.8) is 0 Å². The quantitative estimate of drug-likeness (QED) is 0.424. The van der Waals surface area contributed by atoms with Crippen LogP contribution in [0.5, 0.6) is 17.2 Å². The Morgan fingerprint density at radius 2 is 1.83 bits per heavy atom. The number of methoxy groups -OCH3 is 3. The number of ether oxygens (including phenoxy) is 3. The second kappa shape index (κ2) is 8.24. The standard InChI is InChI=1S/C23H20N2O5/c1-27-19-8-7-16(21(28-2)22(19)29-3)18(26)12-14-5-4-6-15(11-14)23-25-17-9-10-24-13-20(17)30-23/h4-11,13H,12H2,1-3H3. The molecule has 4 rings (SSSR count). The van der Waals surface area contributed by atoms with Crippen molar-refractivity contribution in [3.05, 3.63) is 66.0 Å². The van der Waals surface area contributed by atoms with Gasteiger partial charge in [0.2, 0.25) is 11.6 Å². The Kier molecular flexibility index (Phi) is 5.34. The third-order valence-corrected chi connectivity index (χ3v) is 4.73. The van der Waals surface area contributed by atoms with Crippen molar-refractivity contribution in [2.24, 2.45) is 0 Å².